The molecule has 0 spiro atoms. The van der Waals surface area contributed by atoms with Gasteiger partial charge < -0.3 is 15.5 Å². The fourth-order valence-electron chi connectivity index (χ4n) is 2.04. The minimum atomic E-state index is -0.521. The van der Waals surface area contributed by atoms with Crippen LogP contribution in [0.4, 0.5) is 0 Å². The summed E-state index contributed by atoms with van der Waals surface area (Å²) in [6.07, 6.45) is 0. The van der Waals surface area contributed by atoms with Gasteiger partial charge in [0.2, 0.25) is 17.7 Å². The summed E-state index contributed by atoms with van der Waals surface area (Å²) in [6, 6.07) is -0.501. The van der Waals surface area contributed by atoms with Crippen LogP contribution in [0.5, 0.6) is 0 Å². The third-order valence-corrected chi connectivity index (χ3v) is 4.04. The Balaban J connectivity index is 2.58. The molecular formula is C15H27N3O3S. The molecule has 0 saturated carbocycles. The van der Waals surface area contributed by atoms with Crippen molar-refractivity contribution in [2.24, 2.45) is 5.41 Å². The van der Waals surface area contributed by atoms with E-state index < -0.39 is 11.5 Å². The Morgan fingerprint density at radius 2 is 1.73 bits per heavy atom. The number of amides is 3. The van der Waals surface area contributed by atoms with Crippen molar-refractivity contribution in [2.75, 3.05) is 18.2 Å². The van der Waals surface area contributed by atoms with Crippen molar-refractivity contribution >= 4 is 29.5 Å². The summed E-state index contributed by atoms with van der Waals surface area (Å²) in [5.41, 5.74) is -0.855. The predicted molar refractivity (Wildman–Crippen MR) is 88.3 cm³/mol. The van der Waals surface area contributed by atoms with Crippen molar-refractivity contribution in [3.8, 4) is 0 Å². The molecule has 0 aromatic rings. The molecule has 22 heavy (non-hydrogen) atoms. The zero-order valence-electron chi connectivity index (χ0n) is 14.3. The molecule has 1 atom stereocenters. The highest BCUT2D eigenvalue weighted by Crippen LogP contribution is 2.27. The summed E-state index contributed by atoms with van der Waals surface area (Å²) in [5.74, 6) is 0.528. The summed E-state index contributed by atoms with van der Waals surface area (Å²) in [4.78, 5) is 38.0. The van der Waals surface area contributed by atoms with Gasteiger partial charge in [-0.05, 0) is 20.8 Å². The lowest BCUT2D eigenvalue weighted by molar-refractivity contribution is -0.144. The SMILES string of the molecule is CC(C)(C)NC(=O)CNC(=O)C1CSCN1C(=O)C(C)(C)C. The molecule has 0 aromatic heterocycles. The molecule has 1 aliphatic rings. The van der Waals surface area contributed by atoms with Crippen molar-refractivity contribution in [3.63, 3.8) is 0 Å². The van der Waals surface area contributed by atoms with E-state index in [1.807, 2.05) is 41.5 Å². The zero-order valence-corrected chi connectivity index (χ0v) is 15.1. The monoisotopic (exact) mass is 329 g/mol. The fraction of sp³-hybridized carbons (Fsp3) is 0.800. The smallest absolute Gasteiger partial charge is 0.244 e. The van der Waals surface area contributed by atoms with E-state index >= 15 is 0 Å². The van der Waals surface area contributed by atoms with Crippen LogP contribution in [0, 0.1) is 5.41 Å². The first kappa shape index (κ1) is 18.8. The van der Waals surface area contributed by atoms with Crippen molar-refractivity contribution in [3.05, 3.63) is 0 Å². The summed E-state index contributed by atoms with van der Waals surface area (Å²) in [7, 11) is 0. The third-order valence-electron chi connectivity index (χ3n) is 3.03. The number of hydrogen-bond acceptors (Lipinski definition) is 4. The van der Waals surface area contributed by atoms with Crippen LogP contribution in [0.1, 0.15) is 41.5 Å². The van der Waals surface area contributed by atoms with E-state index in [4.69, 9.17) is 0 Å². The number of thioether (sulfide) groups is 1. The lowest BCUT2D eigenvalue weighted by atomic mass is 9.94. The number of carbonyl (C=O) groups excluding carboxylic acids is 3. The van der Waals surface area contributed by atoms with Crippen molar-refractivity contribution in [1.82, 2.24) is 15.5 Å². The van der Waals surface area contributed by atoms with Crippen molar-refractivity contribution in [1.29, 1.82) is 0 Å². The van der Waals surface area contributed by atoms with Crippen LogP contribution in [0.15, 0.2) is 0 Å². The molecule has 126 valence electrons. The van der Waals surface area contributed by atoms with Crippen LogP contribution in [-0.4, -0.2) is 52.4 Å². The predicted octanol–water partition coefficient (Wildman–Crippen LogP) is 0.965. The van der Waals surface area contributed by atoms with Crippen molar-refractivity contribution in [2.45, 2.75) is 53.1 Å². The number of rotatable bonds is 3. The lowest BCUT2D eigenvalue weighted by Gasteiger charge is -2.29. The maximum atomic E-state index is 12.4. The normalized spacial score (nSPS) is 19.0. The first-order chi connectivity index (χ1) is 9.92. The highest BCUT2D eigenvalue weighted by atomic mass is 32.2. The molecule has 1 saturated heterocycles. The highest BCUT2D eigenvalue weighted by Gasteiger charge is 2.39. The Bertz CT molecular complexity index is 452. The molecule has 3 amide bonds. The Morgan fingerprint density at radius 3 is 2.23 bits per heavy atom. The molecule has 6 nitrogen and oxygen atoms in total. The maximum absolute atomic E-state index is 12.4. The van der Waals surface area contributed by atoms with Gasteiger partial charge in [0.1, 0.15) is 6.04 Å². The Morgan fingerprint density at radius 1 is 1.14 bits per heavy atom. The average molecular weight is 329 g/mol. The fourth-order valence-corrected chi connectivity index (χ4v) is 3.19. The Hall–Kier alpha value is -1.24. The summed E-state index contributed by atoms with van der Waals surface area (Å²) >= 11 is 1.55. The van der Waals surface area contributed by atoms with Gasteiger partial charge >= 0.3 is 0 Å². The molecule has 0 bridgehead atoms. The second-order valence-electron chi connectivity index (χ2n) is 7.56. The lowest BCUT2D eigenvalue weighted by Crippen LogP contribution is -2.52. The van der Waals surface area contributed by atoms with Gasteiger partial charge in [-0.3, -0.25) is 14.4 Å². The molecule has 1 aliphatic heterocycles. The van der Waals surface area contributed by atoms with Gasteiger partial charge in [0, 0.05) is 16.7 Å². The Kier molecular flexibility index (Phi) is 5.89. The van der Waals surface area contributed by atoms with Crippen LogP contribution < -0.4 is 10.6 Å². The molecule has 1 unspecified atom stereocenters. The van der Waals surface area contributed by atoms with E-state index in [9.17, 15) is 14.4 Å². The molecule has 0 radical (unpaired) electrons. The van der Waals surface area contributed by atoms with Crippen LogP contribution >= 0.6 is 11.8 Å². The molecule has 1 heterocycles. The van der Waals surface area contributed by atoms with E-state index in [2.05, 4.69) is 10.6 Å². The minimum absolute atomic E-state index is 0.0446. The summed E-state index contributed by atoms with van der Waals surface area (Å²) in [6.45, 7) is 11.1. The first-order valence-electron chi connectivity index (χ1n) is 7.39. The van der Waals surface area contributed by atoms with Gasteiger partial charge in [0.05, 0.1) is 12.4 Å². The number of hydrogen-bond donors (Lipinski definition) is 2. The van der Waals surface area contributed by atoms with E-state index in [0.29, 0.717) is 11.6 Å². The summed E-state index contributed by atoms with van der Waals surface area (Å²) < 4.78 is 0. The van der Waals surface area contributed by atoms with Gasteiger partial charge in [0.15, 0.2) is 0 Å². The van der Waals surface area contributed by atoms with Crippen LogP contribution in [0.3, 0.4) is 0 Å². The topological polar surface area (TPSA) is 78.5 Å². The molecule has 1 rings (SSSR count). The molecule has 0 aliphatic carbocycles. The number of carbonyl (C=O) groups is 3. The van der Waals surface area contributed by atoms with Gasteiger partial charge in [-0.25, -0.2) is 0 Å². The van der Waals surface area contributed by atoms with Crippen LogP contribution in [-0.2, 0) is 14.4 Å². The molecule has 2 N–H and O–H groups in total. The van der Waals surface area contributed by atoms with E-state index in [0.717, 1.165) is 0 Å². The molecule has 0 aromatic carbocycles. The van der Waals surface area contributed by atoms with Crippen molar-refractivity contribution < 1.29 is 14.4 Å². The first-order valence-corrected chi connectivity index (χ1v) is 8.55. The number of nitrogens with zero attached hydrogens (tertiary/aromatic N) is 1. The third kappa shape index (κ3) is 5.51. The maximum Gasteiger partial charge on any atom is 0.244 e. The standard InChI is InChI=1S/C15H27N3O3S/c1-14(2,3)13(21)18-9-22-8-10(18)12(20)16-7-11(19)17-15(4,5)6/h10H,7-9H2,1-6H3,(H,16,20)(H,17,19). The minimum Gasteiger partial charge on any atom is -0.350 e. The van der Waals surface area contributed by atoms with E-state index in [1.165, 1.54) is 0 Å². The highest BCUT2D eigenvalue weighted by molar-refractivity contribution is 7.99. The summed E-state index contributed by atoms with van der Waals surface area (Å²) in [5, 5.41) is 5.41. The zero-order chi connectivity index (χ0) is 17.1. The largest absolute Gasteiger partial charge is 0.350 e. The second kappa shape index (κ2) is 6.89. The van der Waals surface area contributed by atoms with Gasteiger partial charge in [-0.2, -0.15) is 0 Å². The van der Waals surface area contributed by atoms with Gasteiger partial charge in [-0.15, -0.1) is 11.8 Å². The molecular weight excluding hydrogens is 302 g/mol. The van der Waals surface area contributed by atoms with E-state index in [1.54, 1.807) is 16.7 Å². The van der Waals surface area contributed by atoms with Gasteiger partial charge in [0.25, 0.3) is 0 Å². The van der Waals surface area contributed by atoms with Crippen LogP contribution in [0.2, 0.25) is 0 Å². The number of nitrogens with one attached hydrogen (secondary N) is 2. The quantitative estimate of drug-likeness (QED) is 0.808. The second-order valence-corrected chi connectivity index (χ2v) is 8.56. The van der Waals surface area contributed by atoms with E-state index in [-0.39, 0.29) is 29.8 Å². The molecule has 7 heteroatoms. The van der Waals surface area contributed by atoms with Crippen LogP contribution in [0.25, 0.3) is 0 Å². The molecule has 1 fully saturated rings. The average Bonchev–Trinajstić information content (AvgIpc) is 2.80. The Labute approximate surface area is 136 Å². The van der Waals surface area contributed by atoms with Gasteiger partial charge in [-0.1, -0.05) is 20.8 Å².